The van der Waals surface area contributed by atoms with E-state index in [1.54, 1.807) is 7.11 Å². The molecule has 3 atom stereocenters. The van der Waals surface area contributed by atoms with Crippen molar-refractivity contribution in [1.82, 2.24) is 10.3 Å². The molecule has 2 fully saturated rings. The SMILES string of the molecule is COc1cccc(-c2ccnc(N[C@@H]3CCCC[C@H]3N[C@H]3CCCN(c4ccc(C#N)cc4)C3)c2)c1. The number of pyridine rings is 1. The van der Waals surface area contributed by atoms with E-state index in [4.69, 9.17) is 10.00 Å². The van der Waals surface area contributed by atoms with Gasteiger partial charge in [0.1, 0.15) is 11.6 Å². The van der Waals surface area contributed by atoms with Crippen molar-refractivity contribution in [1.29, 1.82) is 5.26 Å². The van der Waals surface area contributed by atoms with Crippen molar-refractivity contribution in [2.75, 3.05) is 30.4 Å². The lowest BCUT2D eigenvalue weighted by molar-refractivity contribution is 0.293. The zero-order valence-electron chi connectivity index (χ0n) is 21.0. The maximum atomic E-state index is 9.10. The first-order chi connectivity index (χ1) is 17.7. The molecule has 2 heterocycles. The highest BCUT2D eigenvalue weighted by molar-refractivity contribution is 5.67. The zero-order chi connectivity index (χ0) is 24.7. The molecule has 0 bridgehead atoms. The molecule has 0 amide bonds. The van der Waals surface area contributed by atoms with Crippen LogP contribution in [0.4, 0.5) is 11.5 Å². The van der Waals surface area contributed by atoms with Crippen LogP contribution >= 0.6 is 0 Å². The topological polar surface area (TPSA) is 73.2 Å². The van der Waals surface area contributed by atoms with Gasteiger partial charge in [0.25, 0.3) is 0 Å². The minimum atomic E-state index is 0.358. The molecular weight excluding hydrogens is 446 g/mol. The summed E-state index contributed by atoms with van der Waals surface area (Å²) in [6, 6.07) is 23.8. The van der Waals surface area contributed by atoms with Gasteiger partial charge in [-0.1, -0.05) is 25.0 Å². The minimum Gasteiger partial charge on any atom is -0.497 e. The van der Waals surface area contributed by atoms with Crippen molar-refractivity contribution < 1.29 is 4.74 Å². The van der Waals surface area contributed by atoms with Gasteiger partial charge in [0.2, 0.25) is 0 Å². The van der Waals surface area contributed by atoms with Gasteiger partial charge in [0.15, 0.2) is 0 Å². The molecule has 2 aromatic carbocycles. The molecular formula is C30H35N5O. The highest BCUT2D eigenvalue weighted by atomic mass is 16.5. The Bertz CT molecular complexity index is 1190. The quantitative estimate of drug-likeness (QED) is 0.457. The number of ether oxygens (including phenoxy) is 1. The van der Waals surface area contributed by atoms with Gasteiger partial charge < -0.3 is 20.3 Å². The van der Waals surface area contributed by atoms with Crippen LogP contribution in [0.5, 0.6) is 5.75 Å². The van der Waals surface area contributed by atoms with Crippen LogP contribution in [0.25, 0.3) is 11.1 Å². The molecule has 1 aromatic heterocycles. The average Bonchev–Trinajstić information content (AvgIpc) is 2.94. The van der Waals surface area contributed by atoms with Crippen molar-refractivity contribution in [3.8, 4) is 22.9 Å². The lowest BCUT2D eigenvalue weighted by atomic mass is 9.89. The first kappa shape index (κ1) is 24.1. The van der Waals surface area contributed by atoms with E-state index >= 15 is 0 Å². The molecule has 186 valence electrons. The molecule has 2 aliphatic rings. The predicted molar refractivity (Wildman–Crippen MR) is 145 cm³/mol. The summed E-state index contributed by atoms with van der Waals surface area (Å²) >= 11 is 0. The molecule has 5 rings (SSSR count). The molecule has 0 spiro atoms. The summed E-state index contributed by atoms with van der Waals surface area (Å²) in [5.41, 5.74) is 4.18. The summed E-state index contributed by atoms with van der Waals surface area (Å²) in [6.07, 6.45) is 9.09. The van der Waals surface area contributed by atoms with Gasteiger partial charge >= 0.3 is 0 Å². The lowest BCUT2D eigenvalue weighted by Gasteiger charge is -2.40. The van der Waals surface area contributed by atoms with E-state index in [2.05, 4.69) is 63.0 Å². The van der Waals surface area contributed by atoms with Crippen molar-refractivity contribution in [2.24, 2.45) is 0 Å². The summed E-state index contributed by atoms with van der Waals surface area (Å²) in [5.74, 6) is 1.79. The number of nitriles is 1. The number of hydrogen-bond acceptors (Lipinski definition) is 6. The maximum Gasteiger partial charge on any atom is 0.126 e. The van der Waals surface area contributed by atoms with Gasteiger partial charge in [0, 0.05) is 43.1 Å². The van der Waals surface area contributed by atoms with Crippen LogP contribution in [0.2, 0.25) is 0 Å². The monoisotopic (exact) mass is 481 g/mol. The summed E-state index contributed by atoms with van der Waals surface area (Å²) in [7, 11) is 1.70. The first-order valence-corrected chi connectivity index (χ1v) is 13.1. The number of aromatic nitrogens is 1. The molecule has 2 N–H and O–H groups in total. The smallest absolute Gasteiger partial charge is 0.126 e. The second-order valence-electron chi connectivity index (χ2n) is 9.91. The van der Waals surface area contributed by atoms with Crippen LogP contribution in [0.3, 0.4) is 0 Å². The van der Waals surface area contributed by atoms with Crippen molar-refractivity contribution in [3.63, 3.8) is 0 Å². The van der Waals surface area contributed by atoms with E-state index in [1.807, 2.05) is 30.5 Å². The normalized spacial score (nSPS) is 22.0. The Hall–Kier alpha value is -3.56. The predicted octanol–water partition coefficient (Wildman–Crippen LogP) is 5.61. The fourth-order valence-electron chi connectivity index (χ4n) is 5.58. The number of anilines is 2. The third-order valence-corrected chi connectivity index (χ3v) is 7.49. The fourth-order valence-corrected chi connectivity index (χ4v) is 5.58. The molecule has 36 heavy (non-hydrogen) atoms. The molecule has 1 saturated heterocycles. The van der Waals surface area contributed by atoms with E-state index in [-0.39, 0.29) is 0 Å². The number of methoxy groups -OCH3 is 1. The summed E-state index contributed by atoms with van der Waals surface area (Å²) < 4.78 is 5.40. The highest BCUT2D eigenvalue weighted by Gasteiger charge is 2.29. The molecule has 0 radical (unpaired) electrons. The number of nitrogens with zero attached hydrogens (tertiary/aromatic N) is 3. The molecule has 0 unspecified atom stereocenters. The third-order valence-electron chi connectivity index (χ3n) is 7.49. The molecule has 6 heteroatoms. The Kier molecular flexibility index (Phi) is 7.68. The standard InChI is InChI=1S/C30H35N5O/c1-36-27-8-4-6-23(18-27)24-15-16-32-30(19-24)34-29-10-3-2-9-28(29)33-25-7-5-17-35(21-25)26-13-11-22(20-31)12-14-26/h4,6,8,11-16,18-19,25,28-29,33H,2-3,5,7,9-10,17,21H2,1H3,(H,32,34)/t25-,28+,29+/m0/s1. The van der Waals surface area contributed by atoms with Crippen molar-refractivity contribution in [3.05, 3.63) is 72.4 Å². The van der Waals surface area contributed by atoms with E-state index in [0.717, 1.165) is 42.2 Å². The second kappa shape index (κ2) is 11.5. The van der Waals surface area contributed by atoms with E-state index in [9.17, 15) is 0 Å². The van der Waals surface area contributed by atoms with E-state index in [1.165, 1.54) is 37.8 Å². The van der Waals surface area contributed by atoms with Gasteiger partial charge in [-0.05, 0) is 85.3 Å². The fraction of sp³-hybridized carbons (Fsp3) is 0.400. The van der Waals surface area contributed by atoms with Gasteiger partial charge in [-0.25, -0.2) is 4.98 Å². The van der Waals surface area contributed by atoms with E-state index in [0.29, 0.717) is 23.7 Å². The van der Waals surface area contributed by atoms with Crippen molar-refractivity contribution in [2.45, 2.75) is 56.7 Å². The summed E-state index contributed by atoms with van der Waals surface area (Å²) in [6.45, 7) is 2.07. The van der Waals surface area contributed by atoms with Crippen LogP contribution in [0.1, 0.15) is 44.1 Å². The average molecular weight is 482 g/mol. The maximum absolute atomic E-state index is 9.10. The van der Waals surface area contributed by atoms with Gasteiger partial charge in [-0.2, -0.15) is 5.26 Å². The Morgan fingerprint density at radius 1 is 0.944 bits per heavy atom. The minimum absolute atomic E-state index is 0.358. The molecule has 1 saturated carbocycles. The Morgan fingerprint density at radius 2 is 1.75 bits per heavy atom. The van der Waals surface area contributed by atoms with Crippen LogP contribution < -0.4 is 20.3 Å². The number of hydrogen-bond donors (Lipinski definition) is 2. The van der Waals surface area contributed by atoms with Crippen molar-refractivity contribution >= 4 is 11.5 Å². The Morgan fingerprint density at radius 3 is 2.56 bits per heavy atom. The van der Waals surface area contributed by atoms with E-state index < -0.39 is 0 Å². The molecule has 6 nitrogen and oxygen atoms in total. The van der Waals surface area contributed by atoms with Gasteiger partial charge in [0.05, 0.1) is 18.7 Å². The highest BCUT2D eigenvalue weighted by Crippen LogP contribution is 2.28. The number of nitrogens with one attached hydrogen (secondary N) is 2. The van der Waals surface area contributed by atoms with Crippen LogP contribution in [-0.2, 0) is 0 Å². The summed E-state index contributed by atoms with van der Waals surface area (Å²) in [4.78, 5) is 7.10. The zero-order valence-corrected chi connectivity index (χ0v) is 21.0. The third kappa shape index (κ3) is 5.80. The second-order valence-corrected chi connectivity index (χ2v) is 9.91. The first-order valence-electron chi connectivity index (χ1n) is 13.1. The number of rotatable bonds is 7. The summed E-state index contributed by atoms with van der Waals surface area (Å²) in [5, 5.41) is 16.9. The van der Waals surface area contributed by atoms with Crippen LogP contribution in [0.15, 0.2) is 66.9 Å². The Labute approximate surface area is 214 Å². The van der Waals surface area contributed by atoms with Crippen LogP contribution in [-0.4, -0.2) is 43.3 Å². The Balaban J connectivity index is 1.24. The number of piperidine rings is 1. The molecule has 3 aromatic rings. The molecule has 1 aliphatic heterocycles. The van der Waals surface area contributed by atoms with Gasteiger partial charge in [-0.3, -0.25) is 0 Å². The van der Waals surface area contributed by atoms with Gasteiger partial charge in [-0.15, -0.1) is 0 Å². The largest absolute Gasteiger partial charge is 0.497 e. The number of benzene rings is 2. The lowest BCUT2D eigenvalue weighted by Crippen LogP contribution is -2.54. The van der Waals surface area contributed by atoms with Crippen LogP contribution in [0, 0.1) is 11.3 Å². The molecule has 1 aliphatic carbocycles.